The molecule has 4 fully saturated rings. The van der Waals surface area contributed by atoms with Gasteiger partial charge in [0, 0.05) is 59.7 Å². The van der Waals surface area contributed by atoms with Crippen LogP contribution in [0.15, 0.2) is 61.2 Å². The normalized spacial score (nSPS) is 22.2. The summed E-state index contributed by atoms with van der Waals surface area (Å²) in [6, 6.07) is 13.7. The molecule has 0 bridgehead atoms. The Morgan fingerprint density at radius 3 is 1.45 bits per heavy atom. The number of rotatable bonds is 12. The first-order chi connectivity index (χ1) is 31.8. The van der Waals surface area contributed by atoms with Gasteiger partial charge in [0.1, 0.15) is 24.3 Å². The summed E-state index contributed by atoms with van der Waals surface area (Å²) in [5.41, 5.74) is 2.21. The summed E-state index contributed by atoms with van der Waals surface area (Å²) in [5, 5.41) is 7.83. The van der Waals surface area contributed by atoms with Crippen LogP contribution in [0.5, 0.6) is 23.0 Å². The van der Waals surface area contributed by atoms with E-state index in [1.807, 2.05) is 18.2 Å². The maximum absolute atomic E-state index is 14.7. The first kappa shape index (κ1) is 48.5. The maximum Gasteiger partial charge on any atom is 0.166 e. The Kier molecular flexibility index (Phi) is 15.0. The Morgan fingerprint density at radius 2 is 1.01 bits per heavy atom. The van der Waals surface area contributed by atoms with E-state index >= 15 is 0 Å². The van der Waals surface area contributed by atoms with Gasteiger partial charge in [-0.25, -0.2) is 28.7 Å². The van der Waals surface area contributed by atoms with Crippen LogP contribution in [0.25, 0.3) is 21.8 Å². The van der Waals surface area contributed by atoms with Crippen LogP contribution in [0.3, 0.4) is 0 Å². The van der Waals surface area contributed by atoms with Crippen molar-refractivity contribution in [3.8, 4) is 23.0 Å². The molecule has 4 heterocycles. The van der Waals surface area contributed by atoms with Crippen molar-refractivity contribution in [1.29, 1.82) is 0 Å². The van der Waals surface area contributed by atoms with Crippen LogP contribution in [0.4, 0.5) is 31.8 Å². The van der Waals surface area contributed by atoms with Gasteiger partial charge in [0.05, 0.1) is 59.9 Å². The molecular formula is C50H57Cl3F2N8O4. The van der Waals surface area contributed by atoms with Crippen molar-refractivity contribution in [3.05, 3.63) is 93.5 Å². The lowest BCUT2D eigenvalue weighted by Crippen LogP contribution is -2.18. The van der Waals surface area contributed by atoms with E-state index in [4.69, 9.17) is 53.8 Å². The molecule has 6 aromatic rings. The third kappa shape index (κ3) is 10.4. The molecule has 4 aromatic carbocycles. The minimum absolute atomic E-state index is 0. The zero-order valence-corrected chi connectivity index (χ0v) is 39.8. The second kappa shape index (κ2) is 20.7. The molecule has 2 saturated heterocycles. The van der Waals surface area contributed by atoms with Crippen molar-refractivity contribution in [2.75, 3.05) is 78.3 Å². The summed E-state index contributed by atoms with van der Waals surface area (Å²) in [7, 11) is 7.62. The molecule has 356 valence electrons. The van der Waals surface area contributed by atoms with E-state index in [2.05, 4.69) is 54.5 Å². The van der Waals surface area contributed by atoms with Gasteiger partial charge in [-0.1, -0.05) is 42.2 Å². The number of anilines is 4. The zero-order valence-electron chi connectivity index (χ0n) is 37.5. The van der Waals surface area contributed by atoms with Gasteiger partial charge in [-0.2, -0.15) is 0 Å². The van der Waals surface area contributed by atoms with Gasteiger partial charge in [0.25, 0.3) is 0 Å². The molecule has 0 spiro atoms. The highest BCUT2D eigenvalue weighted by Crippen LogP contribution is 2.44. The smallest absolute Gasteiger partial charge is 0.166 e. The lowest BCUT2D eigenvalue weighted by molar-refractivity contribution is 0.227. The Labute approximate surface area is 405 Å². The largest absolute Gasteiger partial charge is 0.493 e. The topological polar surface area (TPSA) is 119 Å². The summed E-state index contributed by atoms with van der Waals surface area (Å²) in [4.78, 5) is 22.2. The molecule has 2 saturated carbocycles. The molecule has 17 heteroatoms. The standard InChI is InChI=1S/C25H28ClFN4O2.C24H25Cl2FN4O2.CH4/c1-14-19(26)4-5-20(24(14)27)30-25-18-8-22(32-3)23(9-21(18)28-13-29-25)33-12-15-6-16-10-31(2)11-17(16)7-15;1-31-9-14-5-13(6-15(14)10-31)11-33-21-8-19-16(7-20(21)32-2)24(29-12-28-19)30-18-4-3-17(25)22(26)23(18)27;/h4-5,8-9,13,15-17H,6-7,10-12H2,1-3H3,(H,28,29,30);3-4,7-8,12-15H,5-6,9-11H2,1-2H3,(H,28,29,30);1H4/t15?,16-,17+;13?,14-,15+;. The highest BCUT2D eigenvalue weighted by molar-refractivity contribution is 6.42. The Morgan fingerprint density at radius 1 is 0.597 bits per heavy atom. The molecule has 6 atom stereocenters. The van der Waals surface area contributed by atoms with Gasteiger partial charge in [-0.3, -0.25) is 0 Å². The summed E-state index contributed by atoms with van der Waals surface area (Å²) >= 11 is 17.9. The summed E-state index contributed by atoms with van der Waals surface area (Å²) < 4.78 is 52.9. The SMILES string of the molecule is C.COc1cc2c(Nc3ccc(Cl)c(C)c3F)ncnc2cc1OCC1C[C@@H]2CN(C)C[C@@H]2C1.COc1cc2c(Nc3ccc(Cl)c(Cl)c3F)ncnc2cc1OCC1C[C@@H]2CN(C)C[C@@H]2C1. The molecule has 0 amide bonds. The minimum Gasteiger partial charge on any atom is -0.493 e. The Hall–Kier alpha value is -4.99. The van der Waals surface area contributed by atoms with Crippen molar-refractivity contribution in [3.63, 3.8) is 0 Å². The third-order valence-corrected chi connectivity index (χ3v) is 14.9. The van der Waals surface area contributed by atoms with Crippen molar-refractivity contribution in [2.45, 2.75) is 40.0 Å². The Bertz CT molecular complexity index is 2540. The van der Waals surface area contributed by atoms with Crippen LogP contribution >= 0.6 is 34.8 Å². The summed E-state index contributed by atoms with van der Waals surface area (Å²) in [5.74, 6) is 6.61. The molecular weight excluding hydrogens is 921 g/mol. The third-order valence-electron chi connectivity index (χ3n) is 13.7. The molecule has 2 aliphatic carbocycles. The van der Waals surface area contributed by atoms with Crippen LogP contribution in [0.1, 0.15) is 38.7 Å². The van der Waals surface area contributed by atoms with Gasteiger partial charge < -0.3 is 39.4 Å². The fraction of sp³-hybridized carbons (Fsp3) is 0.440. The molecule has 10 rings (SSSR count). The average Bonchev–Trinajstić information content (AvgIpc) is 4.07. The second-order valence-electron chi connectivity index (χ2n) is 18.3. The summed E-state index contributed by atoms with van der Waals surface area (Å²) in [6.45, 7) is 7.73. The number of aromatic nitrogens is 4. The van der Waals surface area contributed by atoms with E-state index in [1.165, 1.54) is 76.6 Å². The van der Waals surface area contributed by atoms with E-state index in [1.54, 1.807) is 39.3 Å². The highest BCUT2D eigenvalue weighted by atomic mass is 35.5. The van der Waals surface area contributed by atoms with Crippen molar-refractivity contribution >= 4 is 79.6 Å². The fourth-order valence-electron chi connectivity index (χ4n) is 10.5. The quantitative estimate of drug-likeness (QED) is 0.114. The van der Waals surface area contributed by atoms with Crippen molar-refractivity contribution in [1.82, 2.24) is 29.7 Å². The highest BCUT2D eigenvalue weighted by Gasteiger charge is 2.41. The van der Waals surface area contributed by atoms with Crippen molar-refractivity contribution < 1.29 is 27.7 Å². The van der Waals surface area contributed by atoms with Gasteiger partial charge in [0.15, 0.2) is 34.6 Å². The number of benzene rings is 4. The molecule has 12 nitrogen and oxygen atoms in total. The van der Waals surface area contributed by atoms with Crippen LogP contribution in [-0.2, 0) is 0 Å². The number of nitrogens with one attached hydrogen (secondary N) is 2. The van der Waals surface area contributed by atoms with Gasteiger partial charge >= 0.3 is 0 Å². The molecule has 2 aliphatic heterocycles. The van der Waals surface area contributed by atoms with E-state index in [9.17, 15) is 8.78 Å². The Balaban J connectivity index is 0.000000179. The van der Waals surface area contributed by atoms with Gasteiger partial charge in [0.2, 0.25) is 0 Å². The number of likely N-dealkylation sites (tertiary alicyclic amines) is 2. The zero-order chi connectivity index (χ0) is 46.2. The van der Waals surface area contributed by atoms with Crippen molar-refractivity contribution in [2.24, 2.45) is 35.5 Å². The van der Waals surface area contributed by atoms with E-state index in [-0.39, 0.29) is 23.2 Å². The van der Waals surface area contributed by atoms with E-state index < -0.39 is 11.6 Å². The van der Waals surface area contributed by atoms with Crippen LogP contribution in [0.2, 0.25) is 15.1 Å². The molecule has 0 radical (unpaired) electrons. The lowest BCUT2D eigenvalue weighted by Gasteiger charge is -2.18. The number of hydrogen-bond donors (Lipinski definition) is 2. The fourth-order valence-corrected chi connectivity index (χ4v) is 11.0. The number of methoxy groups -OCH3 is 2. The molecule has 67 heavy (non-hydrogen) atoms. The number of fused-ring (bicyclic) bond motifs is 4. The van der Waals surface area contributed by atoms with Gasteiger partial charge in [-0.15, -0.1) is 0 Å². The maximum atomic E-state index is 14.7. The van der Waals surface area contributed by atoms with Gasteiger partial charge in [-0.05, 0) is 119 Å². The molecule has 2 aromatic heterocycles. The van der Waals surface area contributed by atoms with Crippen LogP contribution in [0, 0.1) is 54.1 Å². The minimum atomic E-state index is -0.643. The number of nitrogens with zero attached hydrogens (tertiary/aromatic N) is 6. The number of halogens is 5. The van der Waals surface area contributed by atoms with Crippen LogP contribution in [-0.4, -0.2) is 97.4 Å². The molecule has 2 N–H and O–H groups in total. The first-order valence-corrected chi connectivity index (χ1v) is 23.4. The summed E-state index contributed by atoms with van der Waals surface area (Å²) in [6.07, 6.45) is 7.72. The number of ether oxygens (including phenoxy) is 4. The predicted octanol–water partition coefficient (Wildman–Crippen LogP) is 11.9. The van der Waals surface area contributed by atoms with E-state index in [0.717, 1.165) is 23.7 Å². The van der Waals surface area contributed by atoms with E-state index in [0.29, 0.717) is 97.8 Å². The average molecular weight is 978 g/mol. The number of hydrogen-bond acceptors (Lipinski definition) is 12. The molecule has 2 unspecified atom stereocenters. The lowest BCUT2D eigenvalue weighted by atomic mass is 10.0. The predicted molar refractivity (Wildman–Crippen MR) is 263 cm³/mol. The first-order valence-electron chi connectivity index (χ1n) is 22.3. The monoisotopic (exact) mass is 976 g/mol. The van der Waals surface area contributed by atoms with Crippen LogP contribution < -0.4 is 29.6 Å². The molecule has 4 aliphatic rings. The second-order valence-corrected chi connectivity index (χ2v) is 19.5.